The van der Waals surface area contributed by atoms with Gasteiger partial charge in [-0.15, -0.1) is 0 Å². The van der Waals surface area contributed by atoms with Crippen molar-refractivity contribution in [2.75, 3.05) is 0 Å². The normalized spacial score (nSPS) is 12.8. The van der Waals surface area contributed by atoms with Crippen molar-refractivity contribution in [1.29, 1.82) is 0 Å². The van der Waals surface area contributed by atoms with Gasteiger partial charge in [0.15, 0.2) is 0 Å². The maximum atomic E-state index is 9.47. The number of aliphatic hydroxyl groups excluding tert-OH is 1. The standard InChI is InChI=1S/C12H14ClN3O/c1-7(17)10-4-5-12(11(13)6-10)16-9(3)14-8(2)15-16/h4-7,17H,1-3H3. The molecule has 0 radical (unpaired) electrons. The summed E-state index contributed by atoms with van der Waals surface area (Å²) >= 11 is 6.19. The molecular weight excluding hydrogens is 238 g/mol. The summed E-state index contributed by atoms with van der Waals surface area (Å²) in [5, 5.41) is 14.3. The summed E-state index contributed by atoms with van der Waals surface area (Å²) in [6.07, 6.45) is -0.528. The van der Waals surface area contributed by atoms with Gasteiger partial charge in [0, 0.05) is 0 Å². The van der Waals surface area contributed by atoms with Crippen molar-refractivity contribution >= 4 is 11.6 Å². The summed E-state index contributed by atoms with van der Waals surface area (Å²) in [5.74, 6) is 1.49. The van der Waals surface area contributed by atoms with Gasteiger partial charge in [0.25, 0.3) is 0 Å². The second kappa shape index (κ2) is 4.47. The average molecular weight is 252 g/mol. The van der Waals surface area contributed by atoms with Crippen LogP contribution in [0.5, 0.6) is 0 Å². The van der Waals surface area contributed by atoms with Crippen molar-refractivity contribution in [3.63, 3.8) is 0 Å². The Morgan fingerprint density at radius 3 is 2.53 bits per heavy atom. The second-order valence-corrected chi connectivity index (χ2v) is 4.41. The van der Waals surface area contributed by atoms with Crippen LogP contribution in [0.4, 0.5) is 0 Å². The lowest BCUT2D eigenvalue weighted by molar-refractivity contribution is 0.199. The van der Waals surface area contributed by atoms with Gasteiger partial charge >= 0.3 is 0 Å². The Balaban J connectivity index is 2.50. The minimum Gasteiger partial charge on any atom is -0.389 e. The van der Waals surface area contributed by atoms with Crippen molar-refractivity contribution in [2.45, 2.75) is 26.9 Å². The summed E-state index contributed by atoms with van der Waals surface area (Å²) in [4.78, 5) is 4.23. The Morgan fingerprint density at radius 2 is 2.06 bits per heavy atom. The maximum Gasteiger partial charge on any atom is 0.148 e. The van der Waals surface area contributed by atoms with Crippen molar-refractivity contribution in [1.82, 2.24) is 14.8 Å². The van der Waals surface area contributed by atoms with Crippen molar-refractivity contribution in [3.8, 4) is 5.69 Å². The van der Waals surface area contributed by atoms with E-state index in [4.69, 9.17) is 11.6 Å². The molecule has 1 aromatic carbocycles. The van der Waals surface area contributed by atoms with Crippen LogP contribution in [-0.4, -0.2) is 19.9 Å². The van der Waals surface area contributed by atoms with Gasteiger partial charge in [-0.25, -0.2) is 9.67 Å². The molecule has 0 saturated heterocycles. The first kappa shape index (κ1) is 12.1. The molecule has 0 fully saturated rings. The number of benzene rings is 1. The monoisotopic (exact) mass is 251 g/mol. The van der Waals surface area contributed by atoms with E-state index in [9.17, 15) is 5.11 Å². The zero-order valence-corrected chi connectivity index (χ0v) is 10.7. The van der Waals surface area contributed by atoms with Gasteiger partial charge < -0.3 is 5.11 Å². The van der Waals surface area contributed by atoms with Crippen LogP contribution in [0.25, 0.3) is 5.69 Å². The molecule has 0 saturated carbocycles. The number of aliphatic hydroxyl groups is 1. The lowest BCUT2D eigenvalue weighted by Gasteiger charge is -2.09. The fourth-order valence-electron chi connectivity index (χ4n) is 1.70. The van der Waals surface area contributed by atoms with Crippen molar-refractivity contribution in [2.24, 2.45) is 0 Å². The largest absolute Gasteiger partial charge is 0.389 e. The summed E-state index contributed by atoms with van der Waals surface area (Å²) in [5.41, 5.74) is 1.56. The van der Waals surface area contributed by atoms with E-state index in [1.807, 2.05) is 26.0 Å². The van der Waals surface area contributed by atoms with Crippen LogP contribution >= 0.6 is 11.6 Å². The number of aryl methyl sites for hydroxylation is 2. The van der Waals surface area contributed by atoms with Gasteiger partial charge in [0.05, 0.1) is 16.8 Å². The van der Waals surface area contributed by atoms with E-state index in [2.05, 4.69) is 10.1 Å². The molecule has 1 aromatic heterocycles. The van der Waals surface area contributed by atoms with Crippen molar-refractivity contribution < 1.29 is 5.11 Å². The highest BCUT2D eigenvalue weighted by Gasteiger charge is 2.10. The lowest BCUT2D eigenvalue weighted by atomic mass is 10.1. The highest BCUT2D eigenvalue weighted by atomic mass is 35.5. The Labute approximate surface area is 105 Å². The van der Waals surface area contributed by atoms with E-state index in [0.29, 0.717) is 10.8 Å². The first-order valence-corrected chi connectivity index (χ1v) is 5.75. The number of hydrogen-bond acceptors (Lipinski definition) is 3. The second-order valence-electron chi connectivity index (χ2n) is 4.00. The Bertz CT molecular complexity index is 549. The molecular formula is C12H14ClN3O. The first-order valence-electron chi connectivity index (χ1n) is 5.37. The first-order chi connectivity index (χ1) is 7.99. The third-order valence-corrected chi connectivity index (χ3v) is 2.86. The Hall–Kier alpha value is -1.39. The number of rotatable bonds is 2. The van der Waals surface area contributed by atoms with E-state index >= 15 is 0 Å². The zero-order chi connectivity index (χ0) is 12.6. The number of nitrogens with zero attached hydrogens (tertiary/aromatic N) is 3. The van der Waals surface area contributed by atoms with E-state index in [0.717, 1.165) is 17.1 Å². The molecule has 0 aliphatic carbocycles. The molecule has 1 atom stereocenters. The van der Waals surface area contributed by atoms with Gasteiger partial charge in [-0.05, 0) is 38.5 Å². The molecule has 5 heteroatoms. The highest BCUT2D eigenvalue weighted by Crippen LogP contribution is 2.25. The van der Waals surface area contributed by atoms with Crippen LogP contribution in [0.1, 0.15) is 30.2 Å². The van der Waals surface area contributed by atoms with E-state index < -0.39 is 6.10 Å². The van der Waals surface area contributed by atoms with E-state index in [-0.39, 0.29) is 0 Å². The molecule has 1 N–H and O–H groups in total. The van der Waals surface area contributed by atoms with Crippen LogP contribution in [0, 0.1) is 13.8 Å². The molecule has 4 nitrogen and oxygen atoms in total. The number of hydrogen-bond donors (Lipinski definition) is 1. The third-order valence-electron chi connectivity index (χ3n) is 2.56. The van der Waals surface area contributed by atoms with Crippen LogP contribution in [-0.2, 0) is 0 Å². The molecule has 2 rings (SSSR count). The lowest BCUT2D eigenvalue weighted by Crippen LogP contribution is -2.01. The minimum atomic E-state index is -0.528. The third kappa shape index (κ3) is 2.33. The van der Waals surface area contributed by atoms with Crippen molar-refractivity contribution in [3.05, 3.63) is 40.4 Å². The van der Waals surface area contributed by atoms with Gasteiger partial charge in [0.1, 0.15) is 11.6 Å². The molecule has 0 bridgehead atoms. The molecule has 0 amide bonds. The van der Waals surface area contributed by atoms with Crippen LogP contribution in [0.3, 0.4) is 0 Å². The smallest absolute Gasteiger partial charge is 0.148 e. The van der Waals surface area contributed by atoms with Crippen LogP contribution < -0.4 is 0 Å². The fraction of sp³-hybridized carbons (Fsp3) is 0.333. The van der Waals surface area contributed by atoms with E-state index in [1.54, 1.807) is 17.7 Å². The summed E-state index contributed by atoms with van der Waals surface area (Å²) in [6.45, 7) is 5.41. The predicted octanol–water partition coefficient (Wildman–Crippen LogP) is 2.59. The number of aromatic nitrogens is 3. The Kier molecular flexibility index (Phi) is 3.17. The van der Waals surface area contributed by atoms with Crippen LogP contribution in [0.15, 0.2) is 18.2 Å². The van der Waals surface area contributed by atoms with Gasteiger partial charge in [0.2, 0.25) is 0 Å². The zero-order valence-electron chi connectivity index (χ0n) is 9.98. The molecule has 17 heavy (non-hydrogen) atoms. The molecule has 0 spiro atoms. The molecule has 1 heterocycles. The summed E-state index contributed by atoms with van der Waals surface area (Å²) in [7, 11) is 0. The topological polar surface area (TPSA) is 50.9 Å². The Morgan fingerprint density at radius 1 is 1.35 bits per heavy atom. The molecule has 90 valence electrons. The molecule has 0 aliphatic rings. The number of halogens is 1. The van der Waals surface area contributed by atoms with Crippen LogP contribution in [0.2, 0.25) is 5.02 Å². The molecule has 0 aliphatic heterocycles. The predicted molar refractivity (Wildman–Crippen MR) is 66.5 cm³/mol. The SMILES string of the molecule is Cc1nc(C)n(-c2ccc(C(C)O)cc2Cl)n1. The maximum absolute atomic E-state index is 9.47. The minimum absolute atomic E-state index is 0.528. The van der Waals surface area contributed by atoms with Gasteiger partial charge in [-0.2, -0.15) is 5.10 Å². The van der Waals surface area contributed by atoms with Gasteiger partial charge in [-0.1, -0.05) is 17.7 Å². The van der Waals surface area contributed by atoms with Gasteiger partial charge in [-0.3, -0.25) is 0 Å². The summed E-state index contributed by atoms with van der Waals surface area (Å²) in [6, 6.07) is 5.42. The summed E-state index contributed by atoms with van der Waals surface area (Å²) < 4.78 is 1.70. The average Bonchev–Trinajstić information content (AvgIpc) is 2.57. The molecule has 1 unspecified atom stereocenters. The molecule has 2 aromatic rings. The highest BCUT2D eigenvalue weighted by molar-refractivity contribution is 6.32. The van der Waals surface area contributed by atoms with E-state index in [1.165, 1.54) is 0 Å². The quantitative estimate of drug-likeness (QED) is 0.893. The fourth-order valence-corrected chi connectivity index (χ4v) is 1.97.